The minimum Gasteiger partial charge on any atom is -0.495 e. The summed E-state index contributed by atoms with van der Waals surface area (Å²) in [6.07, 6.45) is 0. The van der Waals surface area contributed by atoms with Crippen molar-refractivity contribution in [3.05, 3.63) is 88.0 Å². The van der Waals surface area contributed by atoms with Crippen molar-refractivity contribution < 1.29 is 9.53 Å². The van der Waals surface area contributed by atoms with Gasteiger partial charge in [0.15, 0.2) is 0 Å². The molecular weight excluding hydrogens is 404 g/mol. The second-order valence-electron chi connectivity index (χ2n) is 7.60. The van der Waals surface area contributed by atoms with Gasteiger partial charge in [0.2, 0.25) is 0 Å². The van der Waals surface area contributed by atoms with Crippen LogP contribution in [0.1, 0.15) is 17.0 Å². The van der Waals surface area contributed by atoms with Crippen LogP contribution in [-0.4, -0.2) is 22.7 Å². The van der Waals surface area contributed by atoms with E-state index in [1.165, 1.54) is 0 Å². The third-order valence-corrected chi connectivity index (χ3v) is 5.26. The Bertz CT molecular complexity index is 1390. The summed E-state index contributed by atoms with van der Waals surface area (Å²) in [6.45, 7) is 5.62. The highest BCUT2D eigenvalue weighted by molar-refractivity contribution is 6.01. The average molecular weight is 428 g/mol. The average Bonchev–Trinajstić information content (AvgIpc) is 2.76. The number of nitrogens with zero attached hydrogens (tertiary/aromatic N) is 2. The maximum atomic E-state index is 13.0. The molecule has 4 rings (SSSR count). The maximum Gasteiger partial charge on any atom is 0.323 e. The fourth-order valence-corrected chi connectivity index (χ4v) is 3.67. The molecule has 7 nitrogen and oxygen atoms in total. The number of anilines is 2. The second kappa shape index (κ2) is 8.55. The number of amides is 2. The predicted octanol–water partition coefficient (Wildman–Crippen LogP) is 4.96. The molecule has 0 spiro atoms. The number of urea groups is 1. The van der Waals surface area contributed by atoms with Crippen molar-refractivity contribution >= 4 is 28.3 Å². The van der Waals surface area contributed by atoms with E-state index in [0.29, 0.717) is 39.5 Å². The zero-order chi connectivity index (χ0) is 22.8. The molecule has 2 amide bonds. The van der Waals surface area contributed by atoms with Crippen LogP contribution in [0.5, 0.6) is 5.75 Å². The van der Waals surface area contributed by atoms with Crippen molar-refractivity contribution in [3.8, 4) is 11.4 Å². The molecule has 0 aliphatic rings. The molecule has 1 heterocycles. The Morgan fingerprint density at radius 1 is 0.938 bits per heavy atom. The van der Waals surface area contributed by atoms with E-state index in [0.717, 1.165) is 11.1 Å². The second-order valence-corrected chi connectivity index (χ2v) is 7.60. The molecule has 0 atom stereocenters. The molecule has 0 fully saturated rings. The van der Waals surface area contributed by atoms with Crippen LogP contribution in [0.15, 0.2) is 65.5 Å². The van der Waals surface area contributed by atoms with Crippen LogP contribution in [0.3, 0.4) is 0 Å². The van der Waals surface area contributed by atoms with Crippen LogP contribution in [0, 0.1) is 20.8 Å². The van der Waals surface area contributed by atoms with Gasteiger partial charge in [0, 0.05) is 5.69 Å². The highest BCUT2D eigenvalue weighted by Gasteiger charge is 2.13. The number of aromatic nitrogens is 2. The van der Waals surface area contributed by atoms with Crippen LogP contribution >= 0.6 is 0 Å². The highest BCUT2D eigenvalue weighted by atomic mass is 16.5. The van der Waals surface area contributed by atoms with Crippen molar-refractivity contribution in [2.24, 2.45) is 0 Å². The van der Waals surface area contributed by atoms with Gasteiger partial charge in [-0.05, 0) is 74.4 Å². The Morgan fingerprint density at radius 3 is 2.44 bits per heavy atom. The van der Waals surface area contributed by atoms with Gasteiger partial charge < -0.3 is 15.4 Å². The van der Waals surface area contributed by atoms with Crippen LogP contribution in [0.4, 0.5) is 16.2 Å². The van der Waals surface area contributed by atoms with E-state index in [1.807, 2.05) is 56.3 Å². The van der Waals surface area contributed by atoms with Gasteiger partial charge in [-0.25, -0.2) is 9.78 Å². The van der Waals surface area contributed by atoms with E-state index >= 15 is 0 Å². The minimum absolute atomic E-state index is 0.127. The largest absolute Gasteiger partial charge is 0.495 e. The van der Waals surface area contributed by atoms with Gasteiger partial charge in [0.05, 0.1) is 29.4 Å². The summed E-state index contributed by atoms with van der Waals surface area (Å²) in [6, 6.07) is 17.9. The number of ether oxygens (including phenoxy) is 1. The van der Waals surface area contributed by atoms with E-state index in [4.69, 9.17) is 4.74 Å². The predicted molar refractivity (Wildman–Crippen MR) is 127 cm³/mol. The Morgan fingerprint density at radius 2 is 1.69 bits per heavy atom. The smallest absolute Gasteiger partial charge is 0.323 e. The summed E-state index contributed by atoms with van der Waals surface area (Å²) in [7, 11) is 1.56. The fraction of sp³-hybridized carbons (Fsp3) is 0.160. The Kier molecular flexibility index (Phi) is 5.64. The molecule has 1 aromatic heterocycles. The van der Waals surface area contributed by atoms with Gasteiger partial charge in [-0.15, -0.1) is 0 Å². The first-order valence-electron chi connectivity index (χ1n) is 10.2. The molecule has 0 aliphatic carbocycles. The van der Waals surface area contributed by atoms with Crippen molar-refractivity contribution in [3.63, 3.8) is 0 Å². The third kappa shape index (κ3) is 4.05. The summed E-state index contributed by atoms with van der Waals surface area (Å²) >= 11 is 0. The highest BCUT2D eigenvalue weighted by Crippen LogP contribution is 2.26. The van der Waals surface area contributed by atoms with Crippen LogP contribution in [0.2, 0.25) is 0 Å². The lowest BCUT2D eigenvalue weighted by Gasteiger charge is -2.15. The first-order valence-corrected chi connectivity index (χ1v) is 10.2. The number of aryl methyl sites for hydroxylation is 3. The van der Waals surface area contributed by atoms with E-state index < -0.39 is 0 Å². The van der Waals surface area contributed by atoms with E-state index in [2.05, 4.69) is 15.6 Å². The molecule has 2 N–H and O–H groups in total. The molecule has 0 saturated heterocycles. The molecular formula is C25H24N4O3. The molecule has 0 radical (unpaired) electrons. The number of benzene rings is 3. The molecule has 7 heteroatoms. The lowest BCUT2D eigenvalue weighted by atomic mass is 10.1. The van der Waals surface area contributed by atoms with Crippen molar-refractivity contribution in [2.75, 3.05) is 17.7 Å². The van der Waals surface area contributed by atoms with Gasteiger partial charge >= 0.3 is 6.03 Å². The number of hydrogen-bond donors (Lipinski definition) is 2. The summed E-state index contributed by atoms with van der Waals surface area (Å²) in [5, 5.41) is 6.24. The summed E-state index contributed by atoms with van der Waals surface area (Å²) in [5.41, 5.74) is 4.28. The quantitative estimate of drug-likeness (QED) is 0.481. The number of fused-ring (bicyclic) bond motifs is 1. The topological polar surface area (TPSA) is 85.2 Å². The molecule has 0 saturated carbocycles. The zero-order valence-electron chi connectivity index (χ0n) is 18.4. The maximum absolute atomic E-state index is 13.0. The van der Waals surface area contributed by atoms with Crippen molar-refractivity contribution in [1.82, 2.24) is 9.55 Å². The van der Waals surface area contributed by atoms with Crippen molar-refractivity contribution in [1.29, 1.82) is 0 Å². The Labute approximate surface area is 185 Å². The molecule has 0 unspecified atom stereocenters. The lowest BCUT2D eigenvalue weighted by molar-refractivity contribution is 0.262. The molecule has 32 heavy (non-hydrogen) atoms. The number of methoxy groups -OCH3 is 1. The molecule has 0 bridgehead atoms. The Hall–Kier alpha value is -4.13. The molecule has 4 aromatic rings. The van der Waals surface area contributed by atoms with Gasteiger partial charge in [-0.2, -0.15) is 0 Å². The Balaban J connectivity index is 1.61. The van der Waals surface area contributed by atoms with E-state index in [9.17, 15) is 9.59 Å². The van der Waals surface area contributed by atoms with Crippen LogP contribution < -0.4 is 20.9 Å². The lowest BCUT2D eigenvalue weighted by Crippen LogP contribution is -2.23. The number of hydrogen-bond acceptors (Lipinski definition) is 4. The number of para-hydroxylation sites is 1. The van der Waals surface area contributed by atoms with Crippen LogP contribution in [0.25, 0.3) is 16.6 Å². The van der Waals surface area contributed by atoms with Gasteiger partial charge in [-0.3, -0.25) is 9.36 Å². The van der Waals surface area contributed by atoms with E-state index in [-0.39, 0.29) is 11.6 Å². The van der Waals surface area contributed by atoms with Gasteiger partial charge in [-0.1, -0.05) is 18.2 Å². The summed E-state index contributed by atoms with van der Waals surface area (Å²) in [5.74, 6) is 1.18. The van der Waals surface area contributed by atoms with Gasteiger partial charge in [0.25, 0.3) is 5.56 Å². The SMILES string of the molecule is COc1ccc(C)cc1NC(=O)Nc1ccc(-n2c(C)nc3ccccc3c2=O)cc1C. The number of rotatable bonds is 4. The van der Waals surface area contributed by atoms with Crippen LogP contribution in [-0.2, 0) is 0 Å². The van der Waals surface area contributed by atoms with Gasteiger partial charge in [0.1, 0.15) is 11.6 Å². The number of nitrogens with one attached hydrogen (secondary N) is 2. The fourth-order valence-electron chi connectivity index (χ4n) is 3.67. The minimum atomic E-state index is -0.384. The number of carbonyl (C=O) groups is 1. The monoisotopic (exact) mass is 428 g/mol. The number of carbonyl (C=O) groups excluding carboxylic acids is 1. The standard InChI is InChI=1S/C25H24N4O3/c1-15-9-12-23(32-4)22(13-15)28-25(31)27-20-11-10-18(14-16(20)2)29-17(3)26-21-8-6-5-7-19(21)24(29)30/h5-14H,1-4H3,(H2,27,28,31). The third-order valence-electron chi connectivity index (χ3n) is 5.26. The first-order chi connectivity index (χ1) is 15.4. The normalized spacial score (nSPS) is 10.8. The summed E-state index contributed by atoms with van der Waals surface area (Å²) < 4.78 is 6.89. The molecule has 162 valence electrons. The van der Waals surface area contributed by atoms with Crippen molar-refractivity contribution in [2.45, 2.75) is 20.8 Å². The molecule has 0 aliphatic heterocycles. The van der Waals surface area contributed by atoms with E-state index in [1.54, 1.807) is 36.8 Å². The first kappa shape index (κ1) is 21.1. The molecule has 3 aromatic carbocycles. The summed E-state index contributed by atoms with van der Waals surface area (Å²) in [4.78, 5) is 30.2. The zero-order valence-corrected chi connectivity index (χ0v) is 18.4.